The molecule has 0 spiro atoms. The van der Waals surface area contributed by atoms with Crippen molar-refractivity contribution in [2.75, 3.05) is 0 Å². The van der Waals surface area contributed by atoms with Crippen molar-refractivity contribution in [2.45, 2.75) is 6.82 Å². The topological polar surface area (TPSA) is 29.5 Å². The molecule has 0 aliphatic rings. The first-order chi connectivity index (χ1) is 7.75. The molecule has 0 saturated heterocycles. The standard InChI is InChI=1S/C13H13BO2/c1-14(15)11-7-9-13(10-8-11)16-12-5-3-2-4-6-12/h2-10,15H,1H3. The molecule has 0 saturated carbocycles. The van der Waals surface area contributed by atoms with E-state index in [4.69, 9.17) is 4.74 Å². The minimum atomic E-state index is -0.439. The Morgan fingerprint density at radius 1 is 0.875 bits per heavy atom. The highest BCUT2D eigenvalue weighted by atomic mass is 16.5. The minimum absolute atomic E-state index is 0.439. The predicted octanol–water partition coefficient (Wildman–Crippen LogP) is 2.30. The van der Waals surface area contributed by atoms with E-state index in [9.17, 15) is 5.02 Å². The van der Waals surface area contributed by atoms with Crippen molar-refractivity contribution < 1.29 is 9.76 Å². The second-order valence-electron chi connectivity index (χ2n) is 3.66. The van der Waals surface area contributed by atoms with E-state index in [2.05, 4.69) is 0 Å². The zero-order valence-corrected chi connectivity index (χ0v) is 9.13. The summed E-state index contributed by atoms with van der Waals surface area (Å²) in [6.45, 7) is 1.30. The Morgan fingerprint density at radius 3 is 2.00 bits per heavy atom. The number of para-hydroxylation sites is 1. The molecule has 2 aromatic rings. The van der Waals surface area contributed by atoms with Gasteiger partial charge in [0.2, 0.25) is 0 Å². The van der Waals surface area contributed by atoms with Gasteiger partial charge in [0.15, 0.2) is 0 Å². The van der Waals surface area contributed by atoms with Gasteiger partial charge < -0.3 is 9.76 Å². The van der Waals surface area contributed by atoms with Crippen LogP contribution in [-0.2, 0) is 0 Å². The van der Waals surface area contributed by atoms with E-state index in [1.54, 1.807) is 6.82 Å². The van der Waals surface area contributed by atoms with Crippen molar-refractivity contribution >= 4 is 12.4 Å². The molecule has 16 heavy (non-hydrogen) atoms. The summed E-state index contributed by atoms with van der Waals surface area (Å²) in [5, 5.41) is 9.36. The average Bonchev–Trinajstić information content (AvgIpc) is 2.31. The molecule has 0 unspecified atom stereocenters. The van der Waals surface area contributed by atoms with Gasteiger partial charge in [0.05, 0.1) is 0 Å². The van der Waals surface area contributed by atoms with Crippen molar-refractivity contribution in [1.29, 1.82) is 0 Å². The lowest BCUT2D eigenvalue weighted by Crippen LogP contribution is -2.25. The van der Waals surface area contributed by atoms with Crippen LogP contribution in [-0.4, -0.2) is 11.9 Å². The SMILES string of the molecule is CB(O)c1ccc(Oc2ccccc2)cc1. The maximum Gasteiger partial charge on any atom is 0.320 e. The Labute approximate surface area is 95.6 Å². The maximum atomic E-state index is 9.36. The summed E-state index contributed by atoms with van der Waals surface area (Å²) in [6.07, 6.45) is 0. The van der Waals surface area contributed by atoms with Crippen molar-refractivity contribution in [3.8, 4) is 11.5 Å². The van der Waals surface area contributed by atoms with E-state index >= 15 is 0 Å². The highest BCUT2D eigenvalue weighted by molar-refractivity contribution is 6.64. The Kier molecular flexibility index (Phi) is 3.27. The Balaban J connectivity index is 2.11. The van der Waals surface area contributed by atoms with Crippen LogP contribution >= 0.6 is 0 Å². The molecule has 0 amide bonds. The fraction of sp³-hybridized carbons (Fsp3) is 0.0769. The van der Waals surface area contributed by atoms with Gasteiger partial charge in [0, 0.05) is 0 Å². The zero-order valence-electron chi connectivity index (χ0n) is 9.13. The molecular formula is C13H13BO2. The van der Waals surface area contributed by atoms with Gasteiger partial charge in [-0.2, -0.15) is 0 Å². The minimum Gasteiger partial charge on any atom is -0.457 e. The summed E-state index contributed by atoms with van der Waals surface area (Å²) in [6, 6.07) is 17.1. The van der Waals surface area contributed by atoms with Gasteiger partial charge >= 0.3 is 6.92 Å². The van der Waals surface area contributed by atoms with E-state index in [0.29, 0.717) is 0 Å². The van der Waals surface area contributed by atoms with E-state index in [0.717, 1.165) is 17.0 Å². The summed E-state index contributed by atoms with van der Waals surface area (Å²) in [7, 11) is 0. The van der Waals surface area contributed by atoms with E-state index in [1.807, 2.05) is 54.6 Å². The molecule has 2 aromatic carbocycles. The van der Waals surface area contributed by atoms with Crippen molar-refractivity contribution in [3.05, 3.63) is 54.6 Å². The molecule has 0 aliphatic heterocycles. The number of hydrogen-bond donors (Lipinski definition) is 1. The van der Waals surface area contributed by atoms with Crippen LogP contribution in [0.1, 0.15) is 0 Å². The van der Waals surface area contributed by atoms with E-state index in [1.165, 1.54) is 0 Å². The Hall–Kier alpha value is -1.74. The smallest absolute Gasteiger partial charge is 0.320 e. The van der Waals surface area contributed by atoms with Crippen molar-refractivity contribution in [3.63, 3.8) is 0 Å². The summed E-state index contributed by atoms with van der Waals surface area (Å²) in [4.78, 5) is 0. The van der Waals surface area contributed by atoms with Crippen LogP contribution in [0.5, 0.6) is 11.5 Å². The summed E-state index contributed by atoms with van der Waals surface area (Å²) >= 11 is 0. The van der Waals surface area contributed by atoms with E-state index in [-0.39, 0.29) is 0 Å². The van der Waals surface area contributed by atoms with E-state index < -0.39 is 6.92 Å². The predicted molar refractivity (Wildman–Crippen MR) is 66.4 cm³/mol. The average molecular weight is 212 g/mol. The first-order valence-corrected chi connectivity index (χ1v) is 5.26. The largest absolute Gasteiger partial charge is 0.457 e. The second kappa shape index (κ2) is 4.86. The molecule has 2 rings (SSSR count). The molecule has 0 bridgehead atoms. The molecule has 2 nitrogen and oxygen atoms in total. The molecule has 0 atom stereocenters. The summed E-state index contributed by atoms with van der Waals surface area (Å²) in [5.74, 6) is 1.59. The second-order valence-corrected chi connectivity index (χ2v) is 3.66. The lowest BCUT2D eigenvalue weighted by atomic mass is 9.64. The molecule has 0 aliphatic carbocycles. The van der Waals surface area contributed by atoms with Crippen LogP contribution in [0.4, 0.5) is 0 Å². The molecule has 3 heteroatoms. The molecule has 0 fully saturated rings. The normalized spacial score (nSPS) is 9.88. The number of hydrogen-bond acceptors (Lipinski definition) is 2. The van der Waals surface area contributed by atoms with Crippen LogP contribution in [0.25, 0.3) is 0 Å². The van der Waals surface area contributed by atoms with Crippen LogP contribution in [0.15, 0.2) is 54.6 Å². The van der Waals surface area contributed by atoms with Crippen LogP contribution in [0.3, 0.4) is 0 Å². The zero-order chi connectivity index (χ0) is 11.4. The Bertz CT molecular complexity index is 437. The lowest BCUT2D eigenvalue weighted by Gasteiger charge is -2.06. The van der Waals surface area contributed by atoms with Gasteiger partial charge in [-0.1, -0.05) is 37.2 Å². The molecule has 1 N–H and O–H groups in total. The summed E-state index contributed by atoms with van der Waals surface area (Å²) < 4.78 is 5.63. The fourth-order valence-electron chi connectivity index (χ4n) is 1.44. The molecule has 80 valence electrons. The van der Waals surface area contributed by atoms with Gasteiger partial charge in [-0.25, -0.2) is 0 Å². The van der Waals surface area contributed by atoms with Crippen LogP contribution < -0.4 is 10.2 Å². The monoisotopic (exact) mass is 212 g/mol. The van der Waals surface area contributed by atoms with Crippen molar-refractivity contribution in [2.24, 2.45) is 0 Å². The lowest BCUT2D eigenvalue weighted by molar-refractivity contribution is 0.483. The third-order valence-corrected chi connectivity index (χ3v) is 2.34. The molecule has 0 aromatic heterocycles. The van der Waals surface area contributed by atoms with Gasteiger partial charge in [-0.15, -0.1) is 0 Å². The molecular weight excluding hydrogens is 199 g/mol. The maximum absolute atomic E-state index is 9.36. The van der Waals surface area contributed by atoms with Gasteiger partial charge in [0.1, 0.15) is 11.5 Å². The first kappa shape index (κ1) is 10.8. The van der Waals surface area contributed by atoms with Gasteiger partial charge in [-0.05, 0) is 29.7 Å². The van der Waals surface area contributed by atoms with Gasteiger partial charge in [-0.3, -0.25) is 0 Å². The number of rotatable bonds is 3. The fourth-order valence-corrected chi connectivity index (χ4v) is 1.44. The Morgan fingerprint density at radius 2 is 1.44 bits per heavy atom. The first-order valence-electron chi connectivity index (χ1n) is 5.26. The quantitative estimate of drug-likeness (QED) is 0.791. The third kappa shape index (κ3) is 2.64. The van der Waals surface area contributed by atoms with Gasteiger partial charge in [0.25, 0.3) is 0 Å². The number of ether oxygens (including phenoxy) is 1. The molecule has 0 heterocycles. The summed E-state index contributed by atoms with van der Waals surface area (Å²) in [5.41, 5.74) is 0.889. The molecule has 0 radical (unpaired) electrons. The third-order valence-electron chi connectivity index (χ3n) is 2.34. The highest BCUT2D eigenvalue weighted by Crippen LogP contribution is 2.19. The highest BCUT2D eigenvalue weighted by Gasteiger charge is 2.05. The van der Waals surface area contributed by atoms with Crippen LogP contribution in [0.2, 0.25) is 6.82 Å². The number of benzene rings is 2. The van der Waals surface area contributed by atoms with Crippen LogP contribution in [0, 0.1) is 0 Å². The van der Waals surface area contributed by atoms with Crippen molar-refractivity contribution in [1.82, 2.24) is 0 Å².